The number of rotatable bonds is 6. The predicted molar refractivity (Wildman–Crippen MR) is 126 cm³/mol. The van der Waals surface area contributed by atoms with Gasteiger partial charge in [0.1, 0.15) is 0 Å². The van der Waals surface area contributed by atoms with E-state index in [2.05, 4.69) is 15.5 Å². The summed E-state index contributed by atoms with van der Waals surface area (Å²) in [4.78, 5) is 27.1. The highest BCUT2D eigenvalue weighted by atomic mass is 35.5. The van der Waals surface area contributed by atoms with E-state index in [1.807, 2.05) is 16.5 Å². The Labute approximate surface area is 200 Å². The number of benzene rings is 2. The van der Waals surface area contributed by atoms with Crippen LogP contribution in [0.15, 0.2) is 53.7 Å². The minimum absolute atomic E-state index is 0.0521. The van der Waals surface area contributed by atoms with Gasteiger partial charge in [-0.1, -0.05) is 35.0 Å². The fourth-order valence-electron chi connectivity index (χ4n) is 3.64. The van der Waals surface area contributed by atoms with E-state index >= 15 is 0 Å². The maximum absolute atomic E-state index is 13.0. The van der Waals surface area contributed by atoms with E-state index in [0.717, 1.165) is 12.8 Å². The third kappa shape index (κ3) is 5.09. The summed E-state index contributed by atoms with van der Waals surface area (Å²) >= 11 is 13.1. The van der Waals surface area contributed by atoms with E-state index in [1.165, 1.54) is 11.8 Å². The van der Waals surface area contributed by atoms with Gasteiger partial charge in [0.15, 0.2) is 11.0 Å². The molecule has 1 aromatic heterocycles. The number of anilines is 1. The van der Waals surface area contributed by atoms with Crippen LogP contribution >= 0.6 is 35.0 Å². The Morgan fingerprint density at radius 1 is 1.06 bits per heavy atom. The van der Waals surface area contributed by atoms with Crippen LogP contribution in [0, 0.1) is 0 Å². The van der Waals surface area contributed by atoms with Crippen LogP contribution in [0.4, 0.5) is 5.69 Å². The smallest absolute Gasteiger partial charge is 0.254 e. The van der Waals surface area contributed by atoms with E-state index in [-0.39, 0.29) is 23.6 Å². The number of aromatic nitrogens is 3. The van der Waals surface area contributed by atoms with E-state index in [9.17, 15) is 9.59 Å². The molecule has 1 N–H and O–H groups in total. The zero-order valence-corrected chi connectivity index (χ0v) is 19.6. The molecule has 166 valence electrons. The summed E-state index contributed by atoms with van der Waals surface area (Å²) < 4.78 is 1.86. The van der Waals surface area contributed by atoms with Crippen molar-refractivity contribution in [1.82, 2.24) is 19.7 Å². The third-order valence-electron chi connectivity index (χ3n) is 5.23. The lowest BCUT2D eigenvalue weighted by molar-refractivity contribution is -0.113. The number of hydrogen-bond acceptors (Lipinski definition) is 5. The van der Waals surface area contributed by atoms with Gasteiger partial charge in [0.2, 0.25) is 5.91 Å². The number of carbonyl (C=O) groups is 2. The van der Waals surface area contributed by atoms with Crippen LogP contribution in [0.3, 0.4) is 0 Å². The van der Waals surface area contributed by atoms with Crippen molar-refractivity contribution in [2.24, 2.45) is 7.05 Å². The van der Waals surface area contributed by atoms with Gasteiger partial charge in [0.05, 0.1) is 11.8 Å². The number of amides is 2. The minimum atomic E-state index is -0.159. The van der Waals surface area contributed by atoms with Gasteiger partial charge in [0.25, 0.3) is 5.91 Å². The van der Waals surface area contributed by atoms with Crippen molar-refractivity contribution in [3.63, 3.8) is 0 Å². The van der Waals surface area contributed by atoms with Crippen molar-refractivity contribution in [2.75, 3.05) is 17.6 Å². The van der Waals surface area contributed by atoms with Crippen molar-refractivity contribution in [3.05, 3.63) is 70.0 Å². The highest BCUT2D eigenvalue weighted by Crippen LogP contribution is 2.33. The van der Waals surface area contributed by atoms with E-state index in [4.69, 9.17) is 23.2 Å². The summed E-state index contributed by atoms with van der Waals surface area (Å²) in [5.74, 6) is 0.698. The van der Waals surface area contributed by atoms with Crippen LogP contribution in [0.2, 0.25) is 10.0 Å². The van der Waals surface area contributed by atoms with Crippen LogP contribution in [0.1, 0.15) is 35.1 Å². The number of hydrogen-bond donors (Lipinski definition) is 1. The molecule has 2 amide bonds. The molecule has 1 atom stereocenters. The Balaban J connectivity index is 1.41. The highest BCUT2D eigenvalue weighted by molar-refractivity contribution is 7.99. The fraction of sp³-hybridized carbons (Fsp3) is 0.273. The molecule has 3 aromatic rings. The topological polar surface area (TPSA) is 80.1 Å². The molecule has 1 saturated heterocycles. The molecule has 10 heteroatoms. The first-order valence-corrected chi connectivity index (χ1v) is 11.8. The molecule has 7 nitrogen and oxygen atoms in total. The molecule has 0 radical (unpaired) electrons. The lowest BCUT2D eigenvalue weighted by atomic mass is 10.1. The molecule has 0 aliphatic carbocycles. The van der Waals surface area contributed by atoms with Crippen LogP contribution < -0.4 is 5.32 Å². The first-order valence-electron chi connectivity index (χ1n) is 10.1. The second kappa shape index (κ2) is 9.94. The van der Waals surface area contributed by atoms with Gasteiger partial charge in [-0.2, -0.15) is 0 Å². The molecule has 1 aliphatic heterocycles. The highest BCUT2D eigenvalue weighted by Gasteiger charge is 2.34. The average molecular weight is 490 g/mol. The van der Waals surface area contributed by atoms with E-state index < -0.39 is 0 Å². The average Bonchev–Trinajstić information content (AvgIpc) is 3.40. The maximum atomic E-state index is 13.0. The molecule has 32 heavy (non-hydrogen) atoms. The monoisotopic (exact) mass is 489 g/mol. The standard InChI is InChI=1S/C22H21Cl2N5O2S/c1-28-20(18-3-2-12-29(18)21(31)14-4-6-15(23)7-5-14)26-27-22(28)32-13-19(30)25-17-10-8-16(24)9-11-17/h4-11,18H,2-3,12-13H2,1H3,(H,25,30). The molecule has 0 saturated carbocycles. The number of thioether (sulfide) groups is 1. The molecule has 0 bridgehead atoms. The summed E-state index contributed by atoms with van der Waals surface area (Å²) in [6.45, 7) is 0.658. The Hall–Kier alpha value is -2.55. The molecule has 2 aromatic carbocycles. The van der Waals surface area contributed by atoms with Crippen molar-refractivity contribution >= 4 is 52.5 Å². The molecule has 4 rings (SSSR count). The van der Waals surface area contributed by atoms with Crippen LogP contribution in [-0.4, -0.2) is 43.8 Å². The van der Waals surface area contributed by atoms with Gasteiger partial charge < -0.3 is 14.8 Å². The van der Waals surface area contributed by atoms with Gasteiger partial charge in [-0.3, -0.25) is 9.59 Å². The fourth-order valence-corrected chi connectivity index (χ4v) is 4.61. The zero-order chi connectivity index (χ0) is 22.7. The van der Waals surface area contributed by atoms with Crippen molar-refractivity contribution in [1.29, 1.82) is 0 Å². The quantitative estimate of drug-likeness (QED) is 0.501. The van der Waals surface area contributed by atoms with Crippen molar-refractivity contribution in [2.45, 2.75) is 24.0 Å². The normalized spacial score (nSPS) is 15.7. The Bertz CT molecular complexity index is 1120. The molecule has 2 heterocycles. The zero-order valence-electron chi connectivity index (χ0n) is 17.3. The molecule has 1 unspecified atom stereocenters. The summed E-state index contributed by atoms with van der Waals surface area (Å²) in [6.07, 6.45) is 1.70. The number of nitrogens with one attached hydrogen (secondary N) is 1. The van der Waals surface area contributed by atoms with Crippen LogP contribution in [0.5, 0.6) is 0 Å². The Morgan fingerprint density at radius 2 is 1.72 bits per heavy atom. The molecule has 1 fully saturated rings. The number of likely N-dealkylation sites (tertiary alicyclic amines) is 1. The lowest BCUT2D eigenvalue weighted by Crippen LogP contribution is -2.31. The number of nitrogens with zero attached hydrogens (tertiary/aromatic N) is 4. The largest absolute Gasteiger partial charge is 0.328 e. The molecular formula is C22H21Cl2N5O2S. The Morgan fingerprint density at radius 3 is 2.41 bits per heavy atom. The van der Waals surface area contributed by atoms with Crippen molar-refractivity contribution in [3.8, 4) is 0 Å². The van der Waals surface area contributed by atoms with E-state index in [0.29, 0.717) is 38.8 Å². The number of halogens is 2. The van der Waals surface area contributed by atoms with Gasteiger partial charge >= 0.3 is 0 Å². The van der Waals surface area contributed by atoms with Crippen LogP contribution in [0.25, 0.3) is 0 Å². The second-order valence-corrected chi connectivity index (χ2v) is 9.22. The van der Waals surface area contributed by atoms with E-state index in [1.54, 1.807) is 48.5 Å². The van der Waals surface area contributed by atoms with Gasteiger partial charge in [-0.15, -0.1) is 10.2 Å². The molecular weight excluding hydrogens is 469 g/mol. The van der Waals surface area contributed by atoms with Gasteiger partial charge in [-0.05, 0) is 61.4 Å². The second-order valence-electron chi connectivity index (χ2n) is 7.41. The third-order valence-corrected chi connectivity index (χ3v) is 6.76. The summed E-state index contributed by atoms with van der Waals surface area (Å²) in [5, 5.41) is 13.2. The first-order chi connectivity index (χ1) is 15.4. The summed E-state index contributed by atoms with van der Waals surface area (Å²) in [5.41, 5.74) is 1.28. The Kier molecular flexibility index (Phi) is 7.03. The summed E-state index contributed by atoms with van der Waals surface area (Å²) in [7, 11) is 1.86. The predicted octanol–water partition coefficient (Wildman–Crippen LogP) is 4.83. The minimum Gasteiger partial charge on any atom is -0.328 e. The van der Waals surface area contributed by atoms with Gasteiger partial charge in [0, 0.05) is 34.9 Å². The molecule has 1 aliphatic rings. The van der Waals surface area contributed by atoms with Gasteiger partial charge in [-0.25, -0.2) is 0 Å². The first kappa shape index (κ1) is 22.6. The molecule has 0 spiro atoms. The maximum Gasteiger partial charge on any atom is 0.254 e. The SMILES string of the molecule is Cn1c(SCC(=O)Nc2ccc(Cl)cc2)nnc1C1CCCN1C(=O)c1ccc(Cl)cc1. The number of carbonyl (C=O) groups excluding carboxylic acids is 2. The summed E-state index contributed by atoms with van der Waals surface area (Å²) in [6, 6.07) is 13.7. The lowest BCUT2D eigenvalue weighted by Gasteiger charge is -2.24. The van der Waals surface area contributed by atoms with Crippen molar-refractivity contribution < 1.29 is 9.59 Å². The van der Waals surface area contributed by atoms with Crippen LogP contribution in [-0.2, 0) is 11.8 Å².